The second-order valence-corrected chi connectivity index (χ2v) is 2.92. The number of carbonyl (C=O) groups excluding carboxylic acids is 1. The number of Topliss-reactive ketones (excluding diaryl/α,β-unsaturated/α-hetero) is 1. The molecule has 0 radical (unpaired) electrons. The first-order chi connectivity index (χ1) is 5.22. The summed E-state index contributed by atoms with van der Waals surface area (Å²) >= 11 is 0. The molecule has 0 aliphatic rings. The van der Waals surface area contributed by atoms with Crippen LogP contribution in [0.1, 0.15) is 40.0 Å². The normalized spacial score (nSPS) is 13.7. The summed E-state index contributed by atoms with van der Waals surface area (Å²) in [6.07, 6.45) is 6.65. The maximum Gasteiger partial charge on any atom is 0.135 e. The zero-order chi connectivity index (χ0) is 8.69. The summed E-state index contributed by atoms with van der Waals surface area (Å²) in [5.41, 5.74) is 0. The molecule has 0 aliphatic heterocycles. The molecule has 0 aromatic rings. The van der Waals surface area contributed by atoms with Gasteiger partial charge < -0.3 is 0 Å². The van der Waals surface area contributed by atoms with Crippen molar-refractivity contribution >= 4 is 5.78 Å². The lowest BCUT2D eigenvalue weighted by atomic mass is 9.99. The van der Waals surface area contributed by atoms with Crippen molar-refractivity contribution in [3.8, 4) is 0 Å². The van der Waals surface area contributed by atoms with E-state index in [1.807, 2.05) is 26.8 Å². The van der Waals surface area contributed by atoms with E-state index in [0.717, 1.165) is 19.3 Å². The summed E-state index contributed by atoms with van der Waals surface area (Å²) in [7, 11) is 0. The van der Waals surface area contributed by atoms with Gasteiger partial charge in [-0.3, -0.25) is 4.79 Å². The van der Waals surface area contributed by atoms with Crippen LogP contribution in [0.3, 0.4) is 0 Å². The second-order valence-electron chi connectivity index (χ2n) is 2.92. The minimum Gasteiger partial charge on any atom is -0.299 e. The third-order valence-electron chi connectivity index (χ3n) is 1.77. The SMILES string of the molecule is C/C=C/CC(C)C(=O)CCC. The Morgan fingerprint density at radius 2 is 2.18 bits per heavy atom. The van der Waals surface area contributed by atoms with Crippen molar-refractivity contribution in [2.75, 3.05) is 0 Å². The molecule has 0 heterocycles. The molecule has 0 saturated carbocycles. The van der Waals surface area contributed by atoms with Crippen LogP contribution in [0.2, 0.25) is 0 Å². The predicted octanol–water partition coefficient (Wildman–Crippen LogP) is 2.96. The van der Waals surface area contributed by atoms with E-state index in [-0.39, 0.29) is 5.92 Å². The Morgan fingerprint density at radius 3 is 2.64 bits per heavy atom. The Labute approximate surface area is 69.5 Å². The Bertz CT molecular complexity index is 136. The molecule has 11 heavy (non-hydrogen) atoms. The van der Waals surface area contributed by atoms with E-state index in [4.69, 9.17) is 0 Å². The van der Waals surface area contributed by atoms with Crippen LogP contribution in [0.5, 0.6) is 0 Å². The number of rotatable bonds is 5. The van der Waals surface area contributed by atoms with Crippen molar-refractivity contribution in [1.29, 1.82) is 0 Å². The monoisotopic (exact) mass is 154 g/mol. The van der Waals surface area contributed by atoms with Crippen LogP contribution < -0.4 is 0 Å². The number of ketones is 1. The number of hydrogen-bond acceptors (Lipinski definition) is 1. The van der Waals surface area contributed by atoms with E-state index >= 15 is 0 Å². The molecule has 0 spiro atoms. The zero-order valence-electron chi connectivity index (χ0n) is 7.76. The van der Waals surface area contributed by atoms with Crippen molar-refractivity contribution in [3.63, 3.8) is 0 Å². The lowest BCUT2D eigenvalue weighted by molar-refractivity contribution is -0.122. The van der Waals surface area contributed by atoms with Crippen LogP contribution in [0.15, 0.2) is 12.2 Å². The van der Waals surface area contributed by atoms with Crippen molar-refractivity contribution in [2.24, 2.45) is 5.92 Å². The molecule has 0 rings (SSSR count). The molecule has 0 N–H and O–H groups in total. The molecular formula is C10H18O. The molecular weight excluding hydrogens is 136 g/mol. The van der Waals surface area contributed by atoms with E-state index in [2.05, 4.69) is 6.08 Å². The van der Waals surface area contributed by atoms with E-state index < -0.39 is 0 Å². The topological polar surface area (TPSA) is 17.1 Å². The second kappa shape index (κ2) is 6.14. The smallest absolute Gasteiger partial charge is 0.135 e. The average molecular weight is 154 g/mol. The first-order valence-corrected chi connectivity index (χ1v) is 4.36. The summed E-state index contributed by atoms with van der Waals surface area (Å²) in [6, 6.07) is 0. The molecule has 1 nitrogen and oxygen atoms in total. The van der Waals surface area contributed by atoms with E-state index in [9.17, 15) is 4.79 Å². The van der Waals surface area contributed by atoms with Crippen LogP contribution in [0.25, 0.3) is 0 Å². The number of hydrogen-bond donors (Lipinski definition) is 0. The van der Waals surface area contributed by atoms with Gasteiger partial charge in [-0.2, -0.15) is 0 Å². The Hall–Kier alpha value is -0.590. The lowest BCUT2D eigenvalue weighted by Gasteiger charge is -2.05. The maximum absolute atomic E-state index is 11.2. The minimum absolute atomic E-state index is 0.214. The van der Waals surface area contributed by atoms with Crippen LogP contribution in [-0.2, 0) is 4.79 Å². The third kappa shape index (κ3) is 4.77. The van der Waals surface area contributed by atoms with Gasteiger partial charge in [-0.25, -0.2) is 0 Å². The molecule has 0 fully saturated rings. The van der Waals surface area contributed by atoms with Gasteiger partial charge in [-0.1, -0.05) is 26.0 Å². The summed E-state index contributed by atoms with van der Waals surface area (Å²) in [4.78, 5) is 11.2. The van der Waals surface area contributed by atoms with Crippen molar-refractivity contribution in [3.05, 3.63) is 12.2 Å². The van der Waals surface area contributed by atoms with Gasteiger partial charge in [-0.15, -0.1) is 0 Å². The summed E-state index contributed by atoms with van der Waals surface area (Å²) in [6.45, 7) is 6.02. The molecule has 64 valence electrons. The van der Waals surface area contributed by atoms with Crippen molar-refractivity contribution in [2.45, 2.75) is 40.0 Å². The van der Waals surface area contributed by atoms with Crippen LogP contribution >= 0.6 is 0 Å². The highest BCUT2D eigenvalue weighted by molar-refractivity contribution is 5.80. The highest BCUT2D eigenvalue weighted by atomic mass is 16.1. The van der Waals surface area contributed by atoms with Gasteiger partial charge in [-0.05, 0) is 19.8 Å². The fourth-order valence-electron chi connectivity index (χ4n) is 0.964. The van der Waals surface area contributed by atoms with Gasteiger partial charge in [0.25, 0.3) is 0 Å². The standard InChI is InChI=1S/C10H18O/c1-4-6-8-9(3)10(11)7-5-2/h4,6,9H,5,7-8H2,1-3H3/b6-4+. The maximum atomic E-state index is 11.2. The van der Waals surface area contributed by atoms with E-state index in [1.165, 1.54) is 0 Å². The Morgan fingerprint density at radius 1 is 1.55 bits per heavy atom. The molecule has 0 aromatic heterocycles. The molecule has 1 heteroatoms. The minimum atomic E-state index is 0.214. The van der Waals surface area contributed by atoms with E-state index in [1.54, 1.807) is 0 Å². The van der Waals surface area contributed by atoms with E-state index in [0.29, 0.717) is 5.78 Å². The molecule has 0 saturated heterocycles. The first-order valence-electron chi connectivity index (χ1n) is 4.36. The van der Waals surface area contributed by atoms with Gasteiger partial charge >= 0.3 is 0 Å². The summed E-state index contributed by atoms with van der Waals surface area (Å²) in [5.74, 6) is 0.608. The van der Waals surface area contributed by atoms with Gasteiger partial charge in [0.15, 0.2) is 0 Å². The van der Waals surface area contributed by atoms with Gasteiger partial charge in [0, 0.05) is 12.3 Å². The first kappa shape index (κ1) is 10.4. The number of allylic oxidation sites excluding steroid dienone is 2. The number of carbonyl (C=O) groups is 1. The Balaban J connectivity index is 3.63. The highest BCUT2D eigenvalue weighted by Gasteiger charge is 2.08. The lowest BCUT2D eigenvalue weighted by Crippen LogP contribution is -2.08. The Kier molecular flexibility index (Phi) is 5.81. The quantitative estimate of drug-likeness (QED) is 0.556. The van der Waals surface area contributed by atoms with Gasteiger partial charge in [0.2, 0.25) is 0 Å². The summed E-state index contributed by atoms with van der Waals surface area (Å²) in [5, 5.41) is 0. The average Bonchev–Trinajstić information content (AvgIpc) is 2.00. The zero-order valence-corrected chi connectivity index (χ0v) is 7.76. The van der Waals surface area contributed by atoms with Gasteiger partial charge in [0.05, 0.1) is 0 Å². The van der Waals surface area contributed by atoms with Crippen LogP contribution in [0, 0.1) is 5.92 Å². The fourth-order valence-corrected chi connectivity index (χ4v) is 0.964. The fraction of sp³-hybridized carbons (Fsp3) is 0.700. The largest absolute Gasteiger partial charge is 0.299 e. The molecule has 0 aromatic carbocycles. The van der Waals surface area contributed by atoms with Crippen LogP contribution in [0.4, 0.5) is 0 Å². The predicted molar refractivity (Wildman–Crippen MR) is 48.5 cm³/mol. The van der Waals surface area contributed by atoms with Crippen molar-refractivity contribution in [1.82, 2.24) is 0 Å². The third-order valence-corrected chi connectivity index (χ3v) is 1.77. The molecule has 0 amide bonds. The molecule has 0 bridgehead atoms. The van der Waals surface area contributed by atoms with Gasteiger partial charge in [0.1, 0.15) is 5.78 Å². The van der Waals surface area contributed by atoms with Crippen molar-refractivity contribution < 1.29 is 4.79 Å². The molecule has 1 atom stereocenters. The van der Waals surface area contributed by atoms with Crippen LogP contribution in [-0.4, -0.2) is 5.78 Å². The molecule has 0 aliphatic carbocycles. The highest BCUT2D eigenvalue weighted by Crippen LogP contribution is 2.07. The summed E-state index contributed by atoms with van der Waals surface area (Å²) < 4.78 is 0. The molecule has 1 unspecified atom stereocenters.